The van der Waals surface area contributed by atoms with Crippen LogP contribution < -0.4 is 15.3 Å². The smallest absolute Gasteiger partial charge is 0.340 e. The molecule has 0 N–H and O–H groups in total. The van der Waals surface area contributed by atoms with Gasteiger partial charge in [0.2, 0.25) is 0 Å². The fraction of sp³-hybridized carbons (Fsp3) is 0.192. The molecule has 0 radical (unpaired) electrons. The summed E-state index contributed by atoms with van der Waals surface area (Å²) in [4.78, 5) is 14.6. The Labute approximate surface area is 183 Å². The molecule has 0 spiro atoms. The molecule has 0 amide bonds. The third kappa shape index (κ3) is 3.42. The number of benzene rings is 3. The molecule has 162 valence electrons. The summed E-state index contributed by atoms with van der Waals surface area (Å²) in [6, 6.07) is 15.6. The normalized spacial score (nSPS) is 13.2. The maximum absolute atomic E-state index is 13.7. The van der Waals surface area contributed by atoms with Gasteiger partial charge in [0.1, 0.15) is 11.3 Å². The second-order valence-corrected chi connectivity index (χ2v) is 8.09. The second kappa shape index (κ2) is 7.79. The van der Waals surface area contributed by atoms with Gasteiger partial charge in [-0.1, -0.05) is 30.3 Å². The lowest BCUT2D eigenvalue weighted by atomic mass is 9.96. The van der Waals surface area contributed by atoms with E-state index in [1.54, 1.807) is 0 Å². The van der Waals surface area contributed by atoms with Crippen LogP contribution in [0.4, 0.5) is 14.5 Å². The van der Waals surface area contributed by atoms with Crippen LogP contribution >= 0.6 is 0 Å². The van der Waals surface area contributed by atoms with Crippen molar-refractivity contribution in [1.29, 1.82) is 0 Å². The van der Waals surface area contributed by atoms with E-state index < -0.39 is 11.6 Å². The SMILES string of the molecule is Cc1c(Cc2ccccc2)c(=O)oc2c(C)c3c(cc12)CN(c1ccc(F)c(F)c1)CO3. The predicted octanol–water partition coefficient (Wildman–Crippen LogP) is 5.64. The molecular weight excluding hydrogens is 412 g/mol. The molecule has 2 heterocycles. The van der Waals surface area contributed by atoms with Crippen molar-refractivity contribution in [3.05, 3.63) is 104 Å². The second-order valence-electron chi connectivity index (χ2n) is 8.09. The van der Waals surface area contributed by atoms with Gasteiger partial charge in [-0.15, -0.1) is 0 Å². The number of aryl methyl sites for hydroxylation is 2. The molecule has 1 aliphatic rings. The van der Waals surface area contributed by atoms with Crippen molar-refractivity contribution in [2.24, 2.45) is 0 Å². The largest absolute Gasteiger partial charge is 0.472 e. The van der Waals surface area contributed by atoms with Crippen molar-refractivity contribution in [3.8, 4) is 5.75 Å². The fourth-order valence-corrected chi connectivity index (χ4v) is 4.30. The Kier molecular flexibility index (Phi) is 4.93. The Morgan fingerprint density at radius 2 is 1.75 bits per heavy atom. The molecule has 1 aromatic heterocycles. The molecule has 32 heavy (non-hydrogen) atoms. The van der Waals surface area contributed by atoms with Gasteiger partial charge in [0.05, 0.1) is 0 Å². The highest BCUT2D eigenvalue weighted by Gasteiger charge is 2.24. The van der Waals surface area contributed by atoms with Gasteiger partial charge in [0.15, 0.2) is 18.4 Å². The van der Waals surface area contributed by atoms with E-state index >= 15 is 0 Å². The Bertz CT molecular complexity index is 1400. The molecule has 0 atom stereocenters. The van der Waals surface area contributed by atoms with Crippen LogP contribution in [0.2, 0.25) is 0 Å². The van der Waals surface area contributed by atoms with Gasteiger partial charge in [0.25, 0.3) is 0 Å². The van der Waals surface area contributed by atoms with Crippen molar-refractivity contribution >= 4 is 16.7 Å². The van der Waals surface area contributed by atoms with Crippen molar-refractivity contribution < 1.29 is 17.9 Å². The Morgan fingerprint density at radius 3 is 2.50 bits per heavy atom. The minimum atomic E-state index is -0.897. The molecule has 1 aliphatic heterocycles. The van der Waals surface area contributed by atoms with Gasteiger partial charge in [0, 0.05) is 46.8 Å². The molecule has 0 saturated heterocycles. The molecule has 5 rings (SSSR count). The lowest BCUT2D eigenvalue weighted by Gasteiger charge is -2.32. The highest BCUT2D eigenvalue weighted by atomic mass is 19.2. The predicted molar refractivity (Wildman–Crippen MR) is 119 cm³/mol. The van der Waals surface area contributed by atoms with Crippen LogP contribution in [-0.2, 0) is 13.0 Å². The van der Waals surface area contributed by atoms with Crippen molar-refractivity contribution in [2.75, 3.05) is 11.6 Å². The maximum Gasteiger partial charge on any atom is 0.340 e. The highest BCUT2D eigenvalue weighted by molar-refractivity contribution is 5.87. The molecule has 0 saturated carbocycles. The van der Waals surface area contributed by atoms with Gasteiger partial charge in [-0.3, -0.25) is 0 Å². The van der Waals surface area contributed by atoms with Gasteiger partial charge >= 0.3 is 5.63 Å². The Morgan fingerprint density at radius 1 is 0.969 bits per heavy atom. The van der Waals surface area contributed by atoms with Gasteiger partial charge in [-0.25, -0.2) is 13.6 Å². The summed E-state index contributed by atoms with van der Waals surface area (Å²) in [7, 11) is 0. The number of rotatable bonds is 3. The first-order valence-electron chi connectivity index (χ1n) is 10.4. The minimum absolute atomic E-state index is 0.180. The van der Waals surface area contributed by atoms with E-state index in [-0.39, 0.29) is 12.4 Å². The lowest BCUT2D eigenvalue weighted by molar-refractivity contribution is 0.287. The Hall–Kier alpha value is -3.67. The van der Waals surface area contributed by atoms with Gasteiger partial charge in [-0.2, -0.15) is 0 Å². The van der Waals surface area contributed by atoms with Crippen LogP contribution in [0.15, 0.2) is 63.8 Å². The summed E-state index contributed by atoms with van der Waals surface area (Å²) >= 11 is 0. The highest BCUT2D eigenvalue weighted by Crippen LogP contribution is 2.37. The van der Waals surface area contributed by atoms with Gasteiger partial charge in [-0.05, 0) is 43.2 Å². The standard InChI is InChI=1S/C26H21F2NO3/c1-15-20-11-18-13-29(19-8-9-22(27)23(28)12-19)14-31-24(18)16(2)25(20)32-26(30)21(15)10-17-6-4-3-5-7-17/h3-9,11-12H,10,13-14H2,1-2H3. The number of hydrogen-bond acceptors (Lipinski definition) is 4. The third-order valence-electron chi connectivity index (χ3n) is 6.05. The molecule has 0 aliphatic carbocycles. The molecule has 3 aromatic carbocycles. The molecule has 6 heteroatoms. The van der Waals surface area contributed by atoms with Crippen LogP contribution in [0.5, 0.6) is 5.75 Å². The number of fused-ring (bicyclic) bond motifs is 2. The molecule has 0 unspecified atom stereocenters. The molecule has 0 bridgehead atoms. The zero-order valence-electron chi connectivity index (χ0n) is 17.7. The third-order valence-corrected chi connectivity index (χ3v) is 6.05. The number of anilines is 1. The van der Waals surface area contributed by atoms with Crippen LogP contribution in [0, 0.1) is 25.5 Å². The maximum atomic E-state index is 13.7. The number of hydrogen-bond donors (Lipinski definition) is 0. The summed E-state index contributed by atoms with van der Waals surface area (Å²) in [5, 5.41) is 0.850. The average molecular weight is 433 g/mol. The summed E-state index contributed by atoms with van der Waals surface area (Å²) < 4.78 is 38.8. The number of ether oxygens (including phenoxy) is 1. The van der Waals surface area contributed by atoms with Crippen LogP contribution in [-0.4, -0.2) is 6.73 Å². The first-order chi connectivity index (χ1) is 15.4. The van der Waals surface area contributed by atoms with E-state index in [1.165, 1.54) is 12.1 Å². The van der Waals surface area contributed by atoms with Crippen LogP contribution in [0.25, 0.3) is 11.0 Å². The van der Waals surface area contributed by atoms with Crippen molar-refractivity contribution in [1.82, 2.24) is 0 Å². The van der Waals surface area contributed by atoms with E-state index in [2.05, 4.69) is 0 Å². The molecule has 4 aromatic rings. The monoisotopic (exact) mass is 433 g/mol. The van der Waals surface area contributed by atoms with Crippen LogP contribution in [0.3, 0.4) is 0 Å². The van der Waals surface area contributed by atoms with Crippen molar-refractivity contribution in [2.45, 2.75) is 26.8 Å². The number of halogens is 2. The average Bonchev–Trinajstić information content (AvgIpc) is 2.80. The first kappa shape index (κ1) is 20.2. The zero-order valence-corrected chi connectivity index (χ0v) is 17.7. The molecule has 0 fully saturated rings. The summed E-state index contributed by atoms with van der Waals surface area (Å²) in [5.41, 5.74) is 4.89. The Balaban J connectivity index is 1.58. The van der Waals surface area contributed by atoms with E-state index in [0.29, 0.717) is 35.5 Å². The van der Waals surface area contributed by atoms with E-state index in [4.69, 9.17) is 9.15 Å². The van der Waals surface area contributed by atoms with E-state index in [0.717, 1.165) is 33.7 Å². The molecule has 4 nitrogen and oxygen atoms in total. The van der Waals surface area contributed by atoms with Crippen LogP contribution in [0.1, 0.15) is 27.8 Å². The fourth-order valence-electron chi connectivity index (χ4n) is 4.30. The summed E-state index contributed by atoms with van der Waals surface area (Å²) in [5.74, 6) is -1.12. The zero-order chi connectivity index (χ0) is 22.4. The van der Waals surface area contributed by atoms with E-state index in [9.17, 15) is 13.6 Å². The topological polar surface area (TPSA) is 42.7 Å². The summed E-state index contributed by atoms with van der Waals surface area (Å²) in [6.07, 6.45) is 0.485. The van der Waals surface area contributed by atoms with Crippen molar-refractivity contribution in [3.63, 3.8) is 0 Å². The summed E-state index contributed by atoms with van der Waals surface area (Å²) in [6.45, 7) is 4.44. The van der Waals surface area contributed by atoms with E-state index in [1.807, 2.05) is 55.1 Å². The minimum Gasteiger partial charge on any atom is -0.472 e. The number of nitrogens with zero attached hydrogens (tertiary/aromatic N) is 1. The lowest BCUT2D eigenvalue weighted by Crippen LogP contribution is -2.32. The first-order valence-corrected chi connectivity index (χ1v) is 10.4. The van der Waals surface area contributed by atoms with Gasteiger partial charge < -0.3 is 14.1 Å². The quantitative estimate of drug-likeness (QED) is 0.393. The molecular formula is C26H21F2NO3.